The molecule has 0 unspecified atom stereocenters. The Hall–Kier alpha value is -2.93. The Kier molecular flexibility index (Phi) is 4.26. The highest BCUT2D eigenvalue weighted by Gasteiger charge is 2.07. The van der Waals surface area contributed by atoms with Crippen molar-refractivity contribution in [2.45, 2.75) is 12.8 Å². The fourth-order valence-corrected chi connectivity index (χ4v) is 2.08. The lowest BCUT2D eigenvalue weighted by molar-refractivity contribution is 0.630. The summed E-state index contributed by atoms with van der Waals surface area (Å²) in [4.78, 5) is 4.14. The van der Waals surface area contributed by atoms with Gasteiger partial charge < -0.3 is 0 Å². The van der Waals surface area contributed by atoms with Crippen LogP contribution in [0.1, 0.15) is 17.8 Å². The Labute approximate surface area is 128 Å². The van der Waals surface area contributed by atoms with Crippen LogP contribution in [0.3, 0.4) is 0 Å². The van der Waals surface area contributed by atoms with Gasteiger partial charge in [-0.25, -0.2) is 9.37 Å². The predicted octanol–water partition coefficient (Wildman–Crippen LogP) is 3.60. The van der Waals surface area contributed by atoms with Gasteiger partial charge in [0.1, 0.15) is 11.5 Å². The van der Waals surface area contributed by atoms with Gasteiger partial charge in [0.05, 0.1) is 5.69 Å². The highest BCUT2D eigenvalue weighted by molar-refractivity contribution is 5.59. The molecule has 108 valence electrons. The van der Waals surface area contributed by atoms with E-state index in [4.69, 9.17) is 0 Å². The fraction of sp³-hybridized carbons (Fsp3) is 0.111. The molecule has 2 aromatic heterocycles. The molecule has 3 rings (SSSR count). The number of hydrogen-bond donors (Lipinski definition) is 1. The minimum absolute atomic E-state index is 0.268. The third-order valence-corrected chi connectivity index (χ3v) is 3.18. The molecule has 0 radical (unpaired) electrons. The average molecular weight is 291 g/mol. The third kappa shape index (κ3) is 3.39. The molecule has 4 heteroatoms. The van der Waals surface area contributed by atoms with Gasteiger partial charge in [0.25, 0.3) is 0 Å². The highest BCUT2D eigenvalue weighted by atomic mass is 19.1. The maximum atomic E-state index is 13.7. The second kappa shape index (κ2) is 6.68. The molecule has 3 aromatic rings. The Morgan fingerprint density at radius 3 is 2.77 bits per heavy atom. The lowest BCUT2D eigenvalue weighted by Gasteiger charge is -1.96. The number of pyridine rings is 1. The molecule has 1 N–H and O–H groups in total. The van der Waals surface area contributed by atoms with Crippen molar-refractivity contribution in [1.29, 1.82) is 0 Å². The first-order valence-electron chi connectivity index (χ1n) is 7.02. The second-order valence-electron chi connectivity index (χ2n) is 4.78. The molecule has 2 heterocycles. The number of aromatic nitrogens is 3. The molecule has 0 fully saturated rings. The van der Waals surface area contributed by atoms with Gasteiger partial charge >= 0.3 is 0 Å². The van der Waals surface area contributed by atoms with Crippen LogP contribution in [-0.2, 0) is 6.42 Å². The van der Waals surface area contributed by atoms with Crippen LogP contribution in [0.15, 0.2) is 54.7 Å². The summed E-state index contributed by atoms with van der Waals surface area (Å²) >= 11 is 0. The number of benzene rings is 1. The van der Waals surface area contributed by atoms with Crippen molar-refractivity contribution in [1.82, 2.24) is 15.2 Å². The minimum atomic E-state index is -0.268. The molecule has 3 nitrogen and oxygen atoms in total. The molecule has 0 saturated carbocycles. The molecule has 1 aromatic carbocycles. The molecular formula is C18H14FN3. The van der Waals surface area contributed by atoms with Crippen molar-refractivity contribution < 1.29 is 4.39 Å². The van der Waals surface area contributed by atoms with Gasteiger partial charge in [-0.15, -0.1) is 0 Å². The zero-order valence-electron chi connectivity index (χ0n) is 11.9. The molecule has 0 aliphatic carbocycles. The smallest absolute Gasteiger partial charge is 0.132 e. The standard InChI is InChI=1S/C18H14FN3/c19-17-11-4-3-10-16(17)18-13-15(21-22-18)9-2-1-7-14-8-5-6-12-20-14/h3-6,8,10-13H,2,9H2,(H,21,22). The van der Waals surface area contributed by atoms with Crippen LogP contribution in [0.4, 0.5) is 4.39 Å². The third-order valence-electron chi connectivity index (χ3n) is 3.18. The molecule has 22 heavy (non-hydrogen) atoms. The summed E-state index contributed by atoms with van der Waals surface area (Å²) in [6.45, 7) is 0. The van der Waals surface area contributed by atoms with Gasteiger partial charge in [-0.1, -0.05) is 24.1 Å². The average Bonchev–Trinajstić information content (AvgIpc) is 3.02. The van der Waals surface area contributed by atoms with Crippen molar-refractivity contribution in [2.75, 3.05) is 0 Å². The maximum Gasteiger partial charge on any atom is 0.132 e. The lowest BCUT2D eigenvalue weighted by atomic mass is 10.1. The van der Waals surface area contributed by atoms with E-state index >= 15 is 0 Å². The van der Waals surface area contributed by atoms with E-state index in [1.165, 1.54) is 6.07 Å². The topological polar surface area (TPSA) is 41.6 Å². The molecule has 0 amide bonds. The molecular weight excluding hydrogens is 277 g/mol. The van der Waals surface area contributed by atoms with Crippen LogP contribution in [-0.4, -0.2) is 15.2 Å². The Balaban J connectivity index is 1.64. The quantitative estimate of drug-likeness (QED) is 0.749. The SMILES string of the molecule is Fc1ccccc1-c1cc(CCC#Cc2ccccn2)[nH]n1. The van der Waals surface area contributed by atoms with E-state index in [2.05, 4.69) is 27.0 Å². The van der Waals surface area contributed by atoms with Crippen LogP contribution in [0.2, 0.25) is 0 Å². The summed E-state index contributed by atoms with van der Waals surface area (Å²) in [6, 6.07) is 14.1. The van der Waals surface area contributed by atoms with Crippen LogP contribution in [0, 0.1) is 17.7 Å². The molecule has 0 aliphatic heterocycles. The first-order chi connectivity index (χ1) is 10.8. The van der Waals surface area contributed by atoms with Crippen LogP contribution >= 0.6 is 0 Å². The number of nitrogens with one attached hydrogen (secondary N) is 1. The number of hydrogen-bond acceptors (Lipinski definition) is 2. The van der Waals surface area contributed by atoms with E-state index in [1.807, 2.05) is 24.3 Å². The molecule has 0 bridgehead atoms. The van der Waals surface area contributed by atoms with Crippen LogP contribution < -0.4 is 0 Å². The second-order valence-corrected chi connectivity index (χ2v) is 4.78. The lowest BCUT2D eigenvalue weighted by Crippen LogP contribution is -1.84. The number of halogens is 1. The summed E-state index contributed by atoms with van der Waals surface area (Å²) in [7, 11) is 0. The molecule has 0 spiro atoms. The van der Waals surface area contributed by atoms with E-state index in [1.54, 1.807) is 24.4 Å². The van der Waals surface area contributed by atoms with Crippen molar-refractivity contribution in [3.63, 3.8) is 0 Å². The van der Waals surface area contributed by atoms with Crippen molar-refractivity contribution in [3.05, 3.63) is 71.9 Å². The number of aryl methyl sites for hydroxylation is 1. The normalized spacial score (nSPS) is 10.0. The van der Waals surface area contributed by atoms with Crippen LogP contribution in [0.5, 0.6) is 0 Å². The summed E-state index contributed by atoms with van der Waals surface area (Å²) in [5, 5.41) is 7.09. The molecule has 0 aliphatic rings. The predicted molar refractivity (Wildman–Crippen MR) is 83.4 cm³/mol. The summed E-state index contributed by atoms with van der Waals surface area (Å²) < 4.78 is 13.7. The van der Waals surface area contributed by atoms with E-state index in [0.29, 0.717) is 17.7 Å². The molecule has 0 saturated heterocycles. The van der Waals surface area contributed by atoms with E-state index in [9.17, 15) is 4.39 Å². The van der Waals surface area contributed by atoms with Crippen molar-refractivity contribution >= 4 is 0 Å². The van der Waals surface area contributed by atoms with Crippen molar-refractivity contribution in [2.24, 2.45) is 0 Å². The van der Waals surface area contributed by atoms with Gasteiger partial charge in [-0.3, -0.25) is 5.10 Å². The van der Waals surface area contributed by atoms with Gasteiger partial charge in [0.2, 0.25) is 0 Å². The van der Waals surface area contributed by atoms with Gasteiger partial charge in [0.15, 0.2) is 0 Å². The van der Waals surface area contributed by atoms with E-state index in [-0.39, 0.29) is 5.82 Å². The Morgan fingerprint density at radius 1 is 1.09 bits per heavy atom. The van der Waals surface area contributed by atoms with Crippen LogP contribution in [0.25, 0.3) is 11.3 Å². The number of rotatable bonds is 3. The van der Waals surface area contributed by atoms with Gasteiger partial charge in [-0.05, 0) is 36.3 Å². The molecule has 0 atom stereocenters. The largest absolute Gasteiger partial charge is 0.282 e. The van der Waals surface area contributed by atoms with Crippen molar-refractivity contribution in [3.8, 4) is 23.1 Å². The first kappa shape index (κ1) is 14.0. The summed E-state index contributed by atoms with van der Waals surface area (Å²) in [6.07, 6.45) is 3.15. The van der Waals surface area contributed by atoms with Gasteiger partial charge in [0, 0.05) is 30.3 Å². The number of H-pyrrole nitrogens is 1. The first-order valence-corrected chi connectivity index (χ1v) is 7.02. The number of aromatic amines is 1. The fourth-order valence-electron chi connectivity index (χ4n) is 2.08. The van der Waals surface area contributed by atoms with E-state index < -0.39 is 0 Å². The Morgan fingerprint density at radius 2 is 1.95 bits per heavy atom. The van der Waals surface area contributed by atoms with Gasteiger partial charge in [-0.2, -0.15) is 5.10 Å². The van der Waals surface area contributed by atoms with E-state index in [0.717, 1.165) is 17.8 Å². The summed E-state index contributed by atoms with van der Waals surface area (Å²) in [5.41, 5.74) is 2.82. The highest BCUT2D eigenvalue weighted by Crippen LogP contribution is 2.21. The zero-order chi connectivity index (χ0) is 15.2. The Bertz CT molecular complexity index is 813. The minimum Gasteiger partial charge on any atom is -0.282 e. The monoisotopic (exact) mass is 291 g/mol. The number of nitrogens with zero attached hydrogens (tertiary/aromatic N) is 2. The summed E-state index contributed by atoms with van der Waals surface area (Å²) in [5.74, 6) is 5.82. The zero-order valence-corrected chi connectivity index (χ0v) is 11.9. The maximum absolute atomic E-state index is 13.7.